The second kappa shape index (κ2) is 5.28. The van der Waals surface area contributed by atoms with Crippen molar-refractivity contribution >= 4 is 17.5 Å². The maximum Gasteiger partial charge on any atom is 0.412 e. The number of hydrogen-bond donors (Lipinski definition) is 1. The van der Waals surface area contributed by atoms with Crippen molar-refractivity contribution < 1.29 is 18.7 Å². The second-order valence-electron chi connectivity index (χ2n) is 7.49. The molecule has 1 aliphatic heterocycles. The Hall–Kier alpha value is -1.98. The Kier molecular flexibility index (Phi) is 3.65. The second-order valence-corrected chi connectivity index (χ2v) is 7.49. The van der Waals surface area contributed by atoms with E-state index >= 15 is 0 Å². The van der Waals surface area contributed by atoms with Gasteiger partial charge in [-0.3, -0.25) is 5.32 Å². The van der Waals surface area contributed by atoms with Crippen LogP contribution in [0.5, 0.6) is 5.75 Å². The molecule has 1 aliphatic carbocycles. The lowest BCUT2D eigenvalue weighted by Crippen LogP contribution is -2.48. The molecule has 5 nitrogen and oxygen atoms in total. The molecule has 2 fully saturated rings. The molecule has 3 rings (SSSR count). The average Bonchev–Trinajstić information content (AvgIpc) is 3.14. The van der Waals surface area contributed by atoms with E-state index in [0.29, 0.717) is 16.9 Å². The lowest BCUT2D eigenvalue weighted by Gasteiger charge is -2.42. The fourth-order valence-corrected chi connectivity index (χ4v) is 2.96. The third kappa shape index (κ3) is 3.35. The van der Waals surface area contributed by atoms with E-state index in [1.54, 1.807) is 20.8 Å². The van der Waals surface area contributed by atoms with Gasteiger partial charge in [-0.2, -0.15) is 0 Å². The van der Waals surface area contributed by atoms with Crippen LogP contribution >= 0.6 is 0 Å². The van der Waals surface area contributed by atoms with Gasteiger partial charge in [-0.15, -0.1) is 0 Å². The Labute approximate surface area is 135 Å². The topological polar surface area (TPSA) is 50.8 Å². The maximum atomic E-state index is 14.0. The number of carbonyl (C=O) groups excluding carboxylic acids is 1. The highest BCUT2D eigenvalue weighted by molar-refractivity contribution is 5.89. The highest BCUT2D eigenvalue weighted by atomic mass is 19.1. The van der Waals surface area contributed by atoms with Crippen molar-refractivity contribution in [1.29, 1.82) is 0 Å². The molecule has 0 radical (unpaired) electrons. The van der Waals surface area contributed by atoms with Gasteiger partial charge >= 0.3 is 6.09 Å². The quantitative estimate of drug-likeness (QED) is 0.920. The Bertz CT molecular complexity index is 627. The molecule has 1 saturated carbocycles. The smallest absolute Gasteiger partial charge is 0.412 e. The number of hydrogen-bond acceptors (Lipinski definition) is 4. The number of benzene rings is 1. The SMILES string of the molecule is COc1c(NC(=O)OC(C)(C)C)cc(F)cc1N1CC2(CC2)C1. The molecule has 1 heterocycles. The molecule has 0 bridgehead atoms. The van der Waals surface area contributed by atoms with E-state index in [1.807, 2.05) is 0 Å². The molecule has 126 valence electrons. The van der Waals surface area contributed by atoms with Crippen LogP contribution in [0.25, 0.3) is 0 Å². The van der Waals surface area contributed by atoms with Crippen molar-refractivity contribution in [3.05, 3.63) is 17.9 Å². The van der Waals surface area contributed by atoms with Gasteiger partial charge in [0.05, 0.1) is 18.5 Å². The van der Waals surface area contributed by atoms with Crippen LogP contribution < -0.4 is 15.0 Å². The predicted molar refractivity (Wildman–Crippen MR) is 86.7 cm³/mol. The van der Waals surface area contributed by atoms with Gasteiger partial charge in [-0.1, -0.05) is 0 Å². The summed E-state index contributed by atoms with van der Waals surface area (Å²) in [7, 11) is 1.52. The van der Waals surface area contributed by atoms with Crippen LogP contribution in [0, 0.1) is 11.2 Å². The van der Waals surface area contributed by atoms with E-state index in [9.17, 15) is 9.18 Å². The minimum atomic E-state index is -0.630. The number of anilines is 2. The molecular formula is C17H23FN2O3. The van der Waals surface area contributed by atoms with E-state index in [0.717, 1.165) is 13.1 Å². The fourth-order valence-electron chi connectivity index (χ4n) is 2.96. The summed E-state index contributed by atoms with van der Waals surface area (Å²) in [5.74, 6) is 0.0522. The lowest BCUT2D eigenvalue weighted by molar-refractivity contribution is 0.0635. The third-order valence-corrected chi connectivity index (χ3v) is 4.22. The number of carbonyl (C=O) groups is 1. The molecule has 0 atom stereocenters. The third-order valence-electron chi connectivity index (χ3n) is 4.22. The first-order chi connectivity index (χ1) is 10.7. The number of nitrogens with zero attached hydrogens (tertiary/aromatic N) is 1. The van der Waals surface area contributed by atoms with Crippen LogP contribution in [0.3, 0.4) is 0 Å². The van der Waals surface area contributed by atoms with Gasteiger partial charge in [-0.25, -0.2) is 9.18 Å². The normalized spacial score (nSPS) is 18.4. The van der Waals surface area contributed by atoms with E-state index in [2.05, 4.69) is 10.2 Å². The molecule has 1 N–H and O–H groups in total. The summed E-state index contributed by atoms with van der Waals surface area (Å²) in [6.45, 7) is 7.15. The lowest BCUT2D eigenvalue weighted by atomic mass is 9.95. The number of rotatable bonds is 3. The predicted octanol–water partition coefficient (Wildman–Crippen LogP) is 3.78. The molecule has 6 heteroatoms. The summed E-state index contributed by atoms with van der Waals surface area (Å²) in [6, 6.07) is 2.70. The first-order valence-electron chi connectivity index (χ1n) is 7.84. The van der Waals surface area contributed by atoms with Crippen LogP contribution in [0.4, 0.5) is 20.6 Å². The number of halogens is 1. The summed E-state index contributed by atoms with van der Waals surface area (Å²) >= 11 is 0. The van der Waals surface area contributed by atoms with E-state index in [4.69, 9.17) is 9.47 Å². The number of amides is 1. The van der Waals surface area contributed by atoms with Crippen LogP contribution in [0.2, 0.25) is 0 Å². The van der Waals surface area contributed by atoms with Crippen LogP contribution in [0.1, 0.15) is 33.6 Å². The molecular weight excluding hydrogens is 299 g/mol. The Morgan fingerprint density at radius 1 is 1.30 bits per heavy atom. The number of nitrogens with one attached hydrogen (secondary N) is 1. The maximum absolute atomic E-state index is 14.0. The minimum absolute atomic E-state index is 0.286. The van der Waals surface area contributed by atoms with Crippen LogP contribution in [-0.4, -0.2) is 31.9 Å². The van der Waals surface area contributed by atoms with Crippen molar-refractivity contribution in [2.45, 2.75) is 39.2 Å². The Morgan fingerprint density at radius 2 is 1.96 bits per heavy atom. The molecule has 2 aliphatic rings. The molecule has 23 heavy (non-hydrogen) atoms. The van der Waals surface area contributed by atoms with Gasteiger partial charge in [0.1, 0.15) is 11.4 Å². The monoisotopic (exact) mass is 322 g/mol. The Morgan fingerprint density at radius 3 is 2.48 bits per heavy atom. The van der Waals surface area contributed by atoms with Gasteiger partial charge in [0.2, 0.25) is 0 Å². The highest BCUT2D eigenvalue weighted by Gasteiger charge is 2.52. The van der Waals surface area contributed by atoms with Crippen LogP contribution in [-0.2, 0) is 4.74 Å². The zero-order valence-corrected chi connectivity index (χ0v) is 14.0. The largest absolute Gasteiger partial charge is 0.492 e. The molecule has 1 spiro atoms. The molecule has 1 saturated heterocycles. The molecule has 1 amide bonds. The van der Waals surface area contributed by atoms with E-state index in [-0.39, 0.29) is 5.69 Å². The summed E-state index contributed by atoms with van der Waals surface area (Å²) in [5, 5.41) is 2.59. The number of methoxy groups -OCH3 is 1. The van der Waals surface area contributed by atoms with Crippen molar-refractivity contribution in [2.75, 3.05) is 30.4 Å². The molecule has 1 aromatic carbocycles. The van der Waals surface area contributed by atoms with Crippen molar-refractivity contribution in [3.63, 3.8) is 0 Å². The van der Waals surface area contributed by atoms with E-state index < -0.39 is 17.5 Å². The average molecular weight is 322 g/mol. The molecule has 0 aromatic heterocycles. The number of ether oxygens (including phenoxy) is 2. The zero-order chi connectivity index (χ0) is 16.8. The minimum Gasteiger partial charge on any atom is -0.492 e. The van der Waals surface area contributed by atoms with E-state index in [1.165, 1.54) is 32.1 Å². The van der Waals surface area contributed by atoms with Crippen molar-refractivity contribution in [3.8, 4) is 5.75 Å². The fraction of sp³-hybridized carbons (Fsp3) is 0.588. The van der Waals surface area contributed by atoms with Gasteiger partial charge < -0.3 is 14.4 Å². The van der Waals surface area contributed by atoms with Gasteiger partial charge in [0.25, 0.3) is 0 Å². The summed E-state index contributed by atoms with van der Waals surface area (Å²) in [6.07, 6.45) is 1.85. The van der Waals surface area contributed by atoms with Gasteiger partial charge in [0, 0.05) is 30.6 Å². The first kappa shape index (κ1) is 15.9. The van der Waals surface area contributed by atoms with Crippen molar-refractivity contribution in [2.24, 2.45) is 5.41 Å². The Balaban J connectivity index is 1.81. The summed E-state index contributed by atoms with van der Waals surface area (Å²) < 4.78 is 24.6. The molecule has 1 aromatic rings. The zero-order valence-electron chi connectivity index (χ0n) is 14.0. The summed E-state index contributed by atoms with van der Waals surface area (Å²) in [5.41, 5.74) is 0.781. The molecule has 0 unspecified atom stereocenters. The van der Waals surface area contributed by atoms with Gasteiger partial charge in [-0.05, 0) is 33.6 Å². The van der Waals surface area contributed by atoms with Gasteiger partial charge in [0.15, 0.2) is 5.75 Å². The standard InChI is InChI=1S/C17H23FN2O3/c1-16(2,3)23-15(21)19-12-7-11(18)8-13(14(12)22-4)20-9-17(10-20)5-6-17/h7-8H,5-6,9-10H2,1-4H3,(H,19,21). The summed E-state index contributed by atoms with van der Waals surface area (Å²) in [4.78, 5) is 14.1. The first-order valence-corrected chi connectivity index (χ1v) is 7.84. The highest BCUT2D eigenvalue weighted by Crippen LogP contribution is 2.55. The van der Waals surface area contributed by atoms with Crippen LogP contribution in [0.15, 0.2) is 12.1 Å². The van der Waals surface area contributed by atoms with Crippen molar-refractivity contribution in [1.82, 2.24) is 0 Å².